The lowest BCUT2D eigenvalue weighted by Crippen LogP contribution is -1.98. The van der Waals surface area contributed by atoms with E-state index in [9.17, 15) is 4.79 Å². The van der Waals surface area contributed by atoms with Gasteiger partial charge in [-0.25, -0.2) is 0 Å². The van der Waals surface area contributed by atoms with E-state index < -0.39 is 0 Å². The molecule has 5 rings (SSSR count). The van der Waals surface area contributed by atoms with Crippen LogP contribution in [0.2, 0.25) is 5.02 Å². The summed E-state index contributed by atoms with van der Waals surface area (Å²) in [4.78, 5) is 12.4. The van der Waals surface area contributed by atoms with E-state index in [2.05, 4.69) is 48.5 Å². The molecule has 114 valence electrons. The summed E-state index contributed by atoms with van der Waals surface area (Å²) in [5.41, 5.74) is 0.624. The molecule has 0 unspecified atom stereocenters. The van der Waals surface area contributed by atoms with Crippen molar-refractivity contribution in [1.82, 2.24) is 0 Å². The highest BCUT2D eigenvalue weighted by Gasteiger charge is 2.19. The van der Waals surface area contributed by atoms with Crippen LogP contribution in [-0.4, -0.2) is 5.78 Å². The predicted octanol–water partition coefficient (Wildman–Crippen LogP) is 6.59. The first kappa shape index (κ1) is 13.8. The zero-order valence-electron chi connectivity index (χ0n) is 13.1. The lowest BCUT2D eigenvalue weighted by Gasteiger charge is -2.17. The molecule has 0 heterocycles. The zero-order chi connectivity index (χ0) is 16.4. The third-order valence-corrected chi connectivity index (χ3v) is 5.23. The lowest BCUT2D eigenvalue weighted by atomic mass is 9.87. The molecular formula is C22H13ClO. The summed E-state index contributed by atoms with van der Waals surface area (Å²) in [6, 6.07) is 20.8. The molecule has 0 N–H and O–H groups in total. The number of ketones is 1. The summed E-state index contributed by atoms with van der Waals surface area (Å²) in [5, 5.41) is 9.57. The first-order chi connectivity index (χ1) is 11.7. The summed E-state index contributed by atoms with van der Waals surface area (Å²) in [5.74, 6) is 0.00286. The van der Waals surface area contributed by atoms with Gasteiger partial charge in [0.05, 0.1) is 5.02 Å². The average Bonchev–Trinajstić information content (AvgIpc) is 2.58. The van der Waals surface area contributed by atoms with Crippen LogP contribution in [0, 0.1) is 0 Å². The Morgan fingerprint density at radius 1 is 0.750 bits per heavy atom. The summed E-state index contributed by atoms with van der Waals surface area (Å²) in [7, 11) is 0. The van der Waals surface area contributed by atoms with E-state index in [-0.39, 0.29) is 5.78 Å². The monoisotopic (exact) mass is 328 g/mol. The Labute approximate surface area is 143 Å². The van der Waals surface area contributed by atoms with Crippen molar-refractivity contribution < 1.29 is 4.79 Å². The summed E-state index contributed by atoms with van der Waals surface area (Å²) in [6.45, 7) is 1.59. The van der Waals surface area contributed by atoms with Crippen molar-refractivity contribution in [1.29, 1.82) is 0 Å². The van der Waals surface area contributed by atoms with Gasteiger partial charge in [0.1, 0.15) is 0 Å². The Morgan fingerprint density at radius 2 is 1.33 bits per heavy atom. The maximum Gasteiger partial charge on any atom is 0.161 e. The maximum atomic E-state index is 12.4. The number of hydrogen-bond donors (Lipinski definition) is 0. The molecule has 0 radical (unpaired) electrons. The van der Waals surface area contributed by atoms with Crippen molar-refractivity contribution in [3.63, 3.8) is 0 Å². The number of fused-ring (bicyclic) bond motifs is 2. The maximum absolute atomic E-state index is 12.4. The van der Waals surface area contributed by atoms with Crippen molar-refractivity contribution in [2.75, 3.05) is 0 Å². The Balaban J connectivity index is 2.29. The van der Waals surface area contributed by atoms with Crippen LogP contribution in [0.3, 0.4) is 0 Å². The van der Waals surface area contributed by atoms with E-state index >= 15 is 0 Å². The van der Waals surface area contributed by atoms with Crippen LogP contribution in [0.1, 0.15) is 17.3 Å². The first-order valence-corrected chi connectivity index (χ1v) is 8.33. The zero-order valence-corrected chi connectivity index (χ0v) is 13.8. The number of halogens is 1. The summed E-state index contributed by atoms with van der Waals surface area (Å²) in [6.07, 6.45) is 0. The van der Waals surface area contributed by atoms with Crippen LogP contribution < -0.4 is 0 Å². The van der Waals surface area contributed by atoms with Gasteiger partial charge in [0.15, 0.2) is 5.78 Å². The third kappa shape index (κ3) is 1.63. The standard InChI is InChI=1S/C22H13ClO/c1-12(24)19-18(23)11-14-7-4-9-16-15-8-2-5-13-6-3-10-17(20(13)15)22(19)21(14)16/h2-11H,1H3. The van der Waals surface area contributed by atoms with Crippen LogP contribution in [0.5, 0.6) is 0 Å². The fraction of sp³-hybridized carbons (Fsp3) is 0.0455. The fourth-order valence-corrected chi connectivity index (χ4v) is 4.38. The van der Waals surface area contributed by atoms with Gasteiger partial charge < -0.3 is 0 Å². The third-order valence-electron chi connectivity index (χ3n) is 4.93. The van der Waals surface area contributed by atoms with Gasteiger partial charge in [-0.1, -0.05) is 66.2 Å². The minimum atomic E-state index is 0.00286. The van der Waals surface area contributed by atoms with E-state index in [1.54, 1.807) is 6.92 Å². The number of rotatable bonds is 1. The highest BCUT2D eigenvalue weighted by atomic mass is 35.5. The smallest absolute Gasteiger partial charge is 0.161 e. The molecule has 0 saturated carbocycles. The number of Topliss-reactive ketones (excluding diaryl/α,β-unsaturated/α-hetero) is 1. The highest BCUT2D eigenvalue weighted by Crippen LogP contribution is 2.43. The second kappa shape index (κ2) is 4.68. The molecule has 0 bridgehead atoms. The van der Waals surface area contributed by atoms with E-state index in [0.29, 0.717) is 10.6 Å². The molecule has 1 nitrogen and oxygen atoms in total. The van der Waals surface area contributed by atoms with E-state index in [1.807, 2.05) is 12.1 Å². The van der Waals surface area contributed by atoms with Crippen molar-refractivity contribution in [2.24, 2.45) is 0 Å². The van der Waals surface area contributed by atoms with Crippen molar-refractivity contribution in [2.45, 2.75) is 6.92 Å². The van der Waals surface area contributed by atoms with E-state index in [1.165, 1.54) is 21.5 Å². The summed E-state index contributed by atoms with van der Waals surface area (Å²) >= 11 is 6.50. The van der Waals surface area contributed by atoms with Gasteiger partial charge in [-0.05, 0) is 50.7 Å². The minimum absolute atomic E-state index is 0.00286. The molecule has 0 spiro atoms. The fourth-order valence-electron chi connectivity index (χ4n) is 4.03. The molecule has 5 aromatic rings. The van der Waals surface area contributed by atoms with Crippen LogP contribution in [0.15, 0.2) is 60.7 Å². The molecule has 24 heavy (non-hydrogen) atoms. The number of carbonyl (C=O) groups excluding carboxylic acids is 1. The number of carbonyl (C=O) groups is 1. The number of benzene rings is 5. The highest BCUT2D eigenvalue weighted by molar-refractivity contribution is 6.42. The number of hydrogen-bond acceptors (Lipinski definition) is 1. The van der Waals surface area contributed by atoms with Crippen LogP contribution in [0.4, 0.5) is 0 Å². The van der Waals surface area contributed by atoms with Gasteiger partial charge >= 0.3 is 0 Å². The van der Waals surface area contributed by atoms with Gasteiger partial charge in [-0.15, -0.1) is 0 Å². The molecular weight excluding hydrogens is 316 g/mol. The molecule has 0 aliphatic carbocycles. The van der Waals surface area contributed by atoms with Crippen LogP contribution in [-0.2, 0) is 0 Å². The second-order valence-electron chi connectivity index (χ2n) is 6.28. The van der Waals surface area contributed by atoms with Gasteiger partial charge in [0, 0.05) is 10.9 Å². The Bertz CT molecular complexity index is 1280. The quantitative estimate of drug-likeness (QED) is 0.192. The van der Waals surface area contributed by atoms with Gasteiger partial charge in [-0.2, -0.15) is 0 Å². The van der Waals surface area contributed by atoms with Crippen LogP contribution >= 0.6 is 11.6 Å². The van der Waals surface area contributed by atoms with Gasteiger partial charge in [0.2, 0.25) is 0 Å². The molecule has 0 atom stereocenters. The molecule has 0 aromatic heterocycles. The van der Waals surface area contributed by atoms with Crippen LogP contribution in [0.25, 0.3) is 43.1 Å². The first-order valence-electron chi connectivity index (χ1n) is 7.95. The lowest BCUT2D eigenvalue weighted by molar-refractivity contribution is 0.101. The Hall–Kier alpha value is -2.64. The normalized spacial score (nSPS) is 11.9. The molecule has 0 aliphatic heterocycles. The Kier molecular flexibility index (Phi) is 2.69. The Morgan fingerprint density at radius 3 is 2.00 bits per heavy atom. The second-order valence-corrected chi connectivity index (χ2v) is 6.68. The average molecular weight is 329 g/mol. The largest absolute Gasteiger partial charge is 0.294 e. The van der Waals surface area contributed by atoms with E-state index in [4.69, 9.17) is 11.6 Å². The van der Waals surface area contributed by atoms with E-state index in [0.717, 1.165) is 21.5 Å². The summed E-state index contributed by atoms with van der Waals surface area (Å²) < 4.78 is 0. The van der Waals surface area contributed by atoms with Gasteiger partial charge in [0.25, 0.3) is 0 Å². The van der Waals surface area contributed by atoms with Crippen molar-refractivity contribution >= 4 is 60.5 Å². The predicted molar refractivity (Wildman–Crippen MR) is 103 cm³/mol. The minimum Gasteiger partial charge on any atom is -0.294 e. The van der Waals surface area contributed by atoms with Crippen molar-refractivity contribution in [3.8, 4) is 0 Å². The van der Waals surface area contributed by atoms with Crippen molar-refractivity contribution in [3.05, 3.63) is 71.2 Å². The SMILES string of the molecule is CC(=O)c1c(Cl)cc2cccc3c4cccc5cccc(c1c23)c54. The molecule has 5 aromatic carbocycles. The molecule has 0 saturated heterocycles. The van der Waals surface area contributed by atoms with Gasteiger partial charge in [-0.3, -0.25) is 4.79 Å². The topological polar surface area (TPSA) is 17.1 Å². The molecule has 0 aliphatic rings. The molecule has 0 amide bonds. The molecule has 0 fully saturated rings. The molecule has 2 heteroatoms.